The van der Waals surface area contributed by atoms with Crippen LogP contribution in [-0.4, -0.2) is 26.1 Å². The Hall–Kier alpha value is -3.46. The van der Waals surface area contributed by atoms with E-state index in [1.165, 1.54) is 11.8 Å². The summed E-state index contributed by atoms with van der Waals surface area (Å²) in [6, 6.07) is 12.6. The molecule has 0 bridgehead atoms. The summed E-state index contributed by atoms with van der Waals surface area (Å²) in [4.78, 5) is 25.5. The highest BCUT2D eigenvalue weighted by molar-refractivity contribution is 7.98. The fraction of sp³-hybridized carbons (Fsp3) is 0.150. The molecule has 0 radical (unpaired) electrons. The number of hydrogen-bond acceptors (Lipinski definition) is 9. The van der Waals surface area contributed by atoms with Gasteiger partial charge < -0.3 is 15.0 Å². The summed E-state index contributed by atoms with van der Waals surface area (Å²) >= 11 is 1.38. The molecule has 0 saturated heterocycles. The monoisotopic (exact) mass is 407 g/mol. The number of thioether (sulfide) groups is 1. The Morgan fingerprint density at radius 1 is 1.21 bits per heavy atom. The van der Waals surface area contributed by atoms with Crippen LogP contribution in [0.15, 0.2) is 58.2 Å². The van der Waals surface area contributed by atoms with Crippen molar-refractivity contribution in [1.29, 1.82) is 0 Å². The highest BCUT2D eigenvalue weighted by atomic mass is 32.2. The lowest BCUT2D eigenvalue weighted by Crippen LogP contribution is -2.10. The number of fused-ring (bicyclic) bond motifs is 1. The van der Waals surface area contributed by atoms with Gasteiger partial charge in [-0.3, -0.25) is 0 Å². The van der Waals surface area contributed by atoms with Gasteiger partial charge in [0.05, 0.1) is 16.8 Å². The van der Waals surface area contributed by atoms with E-state index in [1.54, 1.807) is 18.3 Å². The van der Waals surface area contributed by atoms with E-state index in [-0.39, 0.29) is 6.61 Å². The van der Waals surface area contributed by atoms with Crippen LogP contribution in [0.1, 0.15) is 27.6 Å². The van der Waals surface area contributed by atoms with Crippen LogP contribution >= 0.6 is 11.8 Å². The molecule has 8 nitrogen and oxygen atoms in total. The largest absolute Gasteiger partial charge is 0.454 e. The Morgan fingerprint density at radius 3 is 2.90 bits per heavy atom. The van der Waals surface area contributed by atoms with Gasteiger partial charge in [0.1, 0.15) is 16.6 Å². The summed E-state index contributed by atoms with van der Waals surface area (Å²) in [6.07, 6.45) is 1.63. The first-order valence-electron chi connectivity index (χ1n) is 8.78. The summed E-state index contributed by atoms with van der Waals surface area (Å²) in [6.45, 7) is 1.74. The Balaban J connectivity index is 1.46. The molecule has 0 fully saturated rings. The summed E-state index contributed by atoms with van der Waals surface area (Å²) < 4.78 is 10.5. The lowest BCUT2D eigenvalue weighted by atomic mass is 10.2. The number of nitrogens with zero attached hydrogens (tertiary/aromatic N) is 4. The van der Waals surface area contributed by atoms with Crippen LogP contribution in [0, 0.1) is 6.92 Å². The number of hydrogen-bond donors (Lipinski definition) is 1. The van der Waals surface area contributed by atoms with Crippen LogP contribution < -0.4 is 5.73 Å². The first kappa shape index (κ1) is 18.9. The molecule has 0 aliphatic rings. The van der Waals surface area contributed by atoms with Crippen molar-refractivity contribution >= 4 is 34.5 Å². The lowest BCUT2D eigenvalue weighted by Gasteiger charge is -2.09. The van der Waals surface area contributed by atoms with E-state index in [4.69, 9.17) is 15.0 Å². The van der Waals surface area contributed by atoms with E-state index in [1.807, 2.05) is 37.3 Å². The average molecular weight is 407 g/mol. The zero-order valence-corrected chi connectivity index (χ0v) is 16.3. The molecule has 0 amide bonds. The first-order valence-corrected chi connectivity index (χ1v) is 9.77. The van der Waals surface area contributed by atoms with Gasteiger partial charge in [-0.2, -0.15) is 0 Å². The number of pyridine rings is 1. The van der Waals surface area contributed by atoms with Crippen molar-refractivity contribution in [1.82, 2.24) is 20.1 Å². The van der Waals surface area contributed by atoms with E-state index < -0.39 is 5.97 Å². The molecule has 2 N–H and O–H groups in total. The zero-order chi connectivity index (χ0) is 20.2. The second-order valence-corrected chi connectivity index (χ2v) is 7.16. The van der Waals surface area contributed by atoms with Gasteiger partial charge in [0, 0.05) is 23.4 Å². The van der Waals surface area contributed by atoms with E-state index in [9.17, 15) is 4.79 Å². The number of benzene rings is 1. The van der Waals surface area contributed by atoms with Gasteiger partial charge >= 0.3 is 5.97 Å². The first-order chi connectivity index (χ1) is 14.1. The number of ether oxygens (including phenoxy) is 1. The topological polar surface area (TPSA) is 117 Å². The Bertz CT molecular complexity index is 1180. The summed E-state index contributed by atoms with van der Waals surface area (Å²) in [5, 5.41) is 5.26. The Kier molecular flexibility index (Phi) is 5.39. The average Bonchev–Trinajstić information content (AvgIpc) is 3.16. The van der Waals surface area contributed by atoms with Crippen LogP contribution in [0.4, 0.5) is 5.82 Å². The van der Waals surface area contributed by atoms with Gasteiger partial charge in [-0.05, 0) is 31.2 Å². The van der Waals surface area contributed by atoms with E-state index in [2.05, 4.69) is 20.1 Å². The van der Waals surface area contributed by atoms with Crippen molar-refractivity contribution in [2.24, 2.45) is 0 Å². The molecular formula is C20H17N5O3S. The highest BCUT2D eigenvalue weighted by Crippen LogP contribution is 2.25. The van der Waals surface area contributed by atoms with Crippen molar-refractivity contribution < 1.29 is 14.1 Å². The summed E-state index contributed by atoms with van der Waals surface area (Å²) in [5.41, 5.74) is 7.82. The van der Waals surface area contributed by atoms with Crippen LogP contribution in [0.3, 0.4) is 0 Å². The van der Waals surface area contributed by atoms with Crippen LogP contribution in [0.2, 0.25) is 0 Å². The standard InChI is InChI=1S/C20H17N5O3S/c1-12-9-13(25-28-12)11-29-19-15(6-4-8-22-19)20(26)27-10-17-23-16-7-3-2-5-14(16)18(21)24-17/h2-9H,10-11H2,1H3,(H2,21,23,24). The molecule has 3 aromatic heterocycles. The van der Waals surface area contributed by atoms with Crippen molar-refractivity contribution in [2.75, 3.05) is 5.73 Å². The SMILES string of the molecule is Cc1cc(CSc2ncccc2C(=O)OCc2nc(N)c3ccccc3n2)no1. The number of rotatable bonds is 6. The third-order valence-electron chi connectivity index (χ3n) is 4.04. The molecule has 29 heavy (non-hydrogen) atoms. The molecule has 0 atom stereocenters. The molecule has 0 aliphatic carbocycles. The van der Waals surface area contributed by atoms with Crippen molar-refractivity contribution in [3.8, 4) is 0 Å². The minimum Gasteiger partial charge on any atom is -0.454 e. The van der Waals surface area contributed by atoms with Gasteiger partial charge in [-0.1, -0.05) is 29.1 Å². The Labute approximate surface area is 170 Å². The molecular weight excluding hydrogens is 390 g/mol. The number of aromatic nitrogens is 4. The van der Waals surface area contributed by atoms with Crippen LogP contribution in [-0.2, 0) is 17.1 Å². The van der Waals surface area contributed by atoms with Gasteiger partial charge in [0.25, 0.3) is 0 Å². The third kappa shape index (κ3) is 4.35. The fourth-order valence-electron chi connectivity index (χ4n) is 2.71. The van der Waals surface area contributed by atoms with Crippen molar-refractivity contribution in [3.63, 3.8) is 0 Å². The molecule has 9 heteroatoms. The molecule has 0 unspecified atom stereocenters. The molecule has 3 heterocycles. The molecule has 0 aliphatic heterocycles. The number of para-hydroxylation sites is 1. The van der Waals surface area contributed by atoms with Gasteiger partial charge in [-0.15, -0.1) is 0 Å². The van der Waals surface area contributed by atoms with Crippen molar-refractivity contribution in [3.05, 3.63) is 71.5 Å². The second kappa shape index (κ2) is 8.27. The number of carbonyl (C=O) groups is 1. The fourth-order valence-corrected chi connectivity index (χ4v) is 3.58. The smallest absolute Gasteiger partial charge is 0.341 e. The number of anilines is 1. The molecule has 0 spiro atoms. The summed E-state index contributed by atoms with van der Waals surface area (Å²) in [7, 11) is 0. The summed E-state index contributed by atoms with van der Waals surface area (Å²) in [5.74, 6) is 1.44. The highest BCUT2D eigenvalue weighted by Gasteiger charge is 2.16. The van der Waals surface area contributed by atoms with Gasteiger partial charge in [0.2, 0.25) is 0 Å². The normalized spacial score (nSPS) is 10.9. The van der Waals surface area contributed by atoms with Gasteiger partial charge in [0.15, 0.2) is 12.4 Å². The van der Waals surface area contributed by atoms with Crippen molar-refractivity contribution in [2.45, 2.75) is 24.3 Å². The molecule has 1 aromatic carbocycles. The minimum absolute atomic E-state index is 0.0879. The minimum atomic E-state index is -0.507. The second-order valence-electron chi connectivity index (χ2n) is 6.19. The maximum atomic E-state index is 12.6. The zero-order valence-electron chi connectivity index (χ0n) is 15.5. The number of esters is 1. The molecule has 4 aromatic rings. The number of nitrogens with two attached hydrogens (primary N) is 1. The number of aryl methyl sites for hydroxylation is 1. The molecule has 4 rings (SSSR count). The van der Waals surface area contributed by atoms with Crippen LogP contribution in [0.25, 0.3) is 10.9 Å². The van der Waals surface area contributed by atoms with Gasteiger partial charge in [-0.25, -0.2) is 19.7 Å². The Morgan fingerprint density at radius 2 is 2.07 bits per heavy atom. The predicted molar refractivity (Wildman–Crippen MR) is 108 cm³/mol. The van der Waals surface area contributed by atoms with Crippen LogP contribution in [0.5, 0.6) is 0 Å². The van der Waals surface area contributed by atoms with E-state index in [0.29, 0.717) is 33.5 Å². The van der Waals surface area contributed by atoms with E-state index >= 15 is 0 Å². The number of carbonyl (C=O) groups excluding carboxylic acids is 1. The maximum absolute atomic E-state index is 12.6. The molecule has 146 valence electrons. The third-order valence-corrected chi connectivity index (χ3v) is 5.07. The number of nitrogen functional groups attached to an aromatic ring is 1. The van der Waals surface area contributed by atoms with E-state index in [0.717, 1.165) is 16.8 Å². The lowest BCUT2D eigenvalue weighted by molar-refractivity contribution is 0.0457. The molecule has 0 saturated carbocycles. The predicted octanol–water partition coefficient (Wildman–Crippen LogP) is 3.55. The maximum Gasteiger partial charge on any atom is 0.341 e. The quantitative estimate of drug-likeness (QED) is 0.378.